The van der Waals surface area contributed by atoms with Crippen molar-refractivity contribution < 1.29 is 9.53 Å². The smallest absolute Gasteiger partial charge is 0.255 e. The lowest BCUT2D eigenvalue weighted by atomic mass is 10.1. The highest BCUT2D eigenvalue weighted by atomic mass is 16.5. The molecule has 0 aliphatic heterocycles. The molecule has 1 saturated carbocycles. The zero-order valence-corrected chi connectivity index (χ0v) is 14.5. The summed E-state index contributed by atoms with van der Waals surface area (Å²) in [6.07, 6.45) is 2.47. The molecule has 0 unspecified atom stereocenters. The maximum Gasteiger partial charge on any atom is 0.255 e. The van der Waals surface area contributed by atoms with Crippen LogP contribution in [0.15, 0.2) is 42.5 Å². The average Bonchev–Trinajstić information content (AvgIpc) is 3.44. The Kier molecular flexibility index (Phi) is 3.92. The van der Waals surface area contributed by atoms with Crippen LogP contribution in [0.4, 0.5) is 0 Å². The Hall–Kier alpha value is -2.82. The third-order valence-corrected chi connectivity index (χ3v) is 4.73. The number of nitrogens with one attached hydrogen (secondary N) is 1. The lowest BCUT2D eigenvalue weighted by molar-refractivity contribution is 0.0948. The van der Waals surface area contributed by atoms with Crippen molar-refractivity contribution in [3.05, 3.63) is 59.4 Å². The number of hydrogen-bond acceptors (Lipinski definition) is 3. The third kappa shape index (κ3) is 2.97. The van der Waals surface area contributed by atoms with Crippen LogP contribution < -0.4 is 10.1 Å². The fourth-order valence-corrected chi connectivity index (χ4v) is 3.19. The number of amides is 1. The highest BCUT2D eigenvalue weighted by Gasteiger charge is 2.28. The molecular weight excluding hydrogens is 314 g/mol. The molecule has 25 heavy (non-hydrogen) atoms. The Bertz CT molecular complexity index is 941. The molecule has 1 aromatic heterocycles. The van der Waals surface area contributed by atoms with Gasteiger partial charge in [-0.25, -0.2) is 4.98 Å². The van der Waals surface area contributed by atoms with E-state index in [9.17, 15) is 4.79 Å². The van der Waals surface area contributed by atoms with E-state index in [2.05, 4.69) is 29.1 Å². The lowest BCUT2D eigenvalue weighted by Gasteiger charge is -2.09. The number of hydrogen-bond donors (Lipinski definition) is 1. The normalized spacial score (nSPS) is 13.8. The molecule has 1 heterocycles. The van der Waals surface area contributed by atoms with Gasteiger partial charge in [0, 0.05) is 19.5 Å². The van der Waals surface area contributed by atoms with E-state index in [1.807, 2.05) is 18.2 Å². The van der Waals surface area contributed by atoms with Gasteiger partial charge in [0.1, 0.15) is 11.6 Å². The molecule has 1 aliphatic rings. The zero-order valence-electron chi connectivity index (χ0n) is 14.5. The molecule has 3 aromatic rings. The minimum Gasteiger partial charge on any atom is -0.496 e. The minimum atomic E-state index is -0.141. The topological polar surface area (TPSA) is 56.1 Å². The Morgan fingerprint density at radius 2 is 2.08 bits per heavy atom. The van der Waals surface area contributed by atoms with Gasteiger partial charge in [0.15, 0.2) is 0 Å². The highest BCUT2D eigenvalue weighted by Crippen LogP contribution is 2.40. The van der Waals surface area contributed by atoms with E-state index < -0.39 is 0 Å². The van der Waals surface area contributed by atoms with Crippen LogP contribution in [0.3, 0.4) is 0 Å². The first-order chi connectivity index (χ1) is 12.2. The van der Waals surface area contributed by atoms with Gasteiger partial charge in [-0.2, -0.15) is 0 Å². The Labute approximate surface area is 146 Å². The molecule has 128 valence electrons. The molecule has 2 aromatic carbocycles. The molecule has 5 heteroatoms. The SMILES string of the molecule is COc1ccccc1C(=O)NCc1ccc2c(c1)nc(C1CC1)n2C. The number of carbonyl (C=O) groups is 1. The van der Waals surface area contributed by atoms with Crippen LogP contribution >= 0.6 is 0 Å². The summed E-state index contributed by atoms with van der Waals surface area (Å²) < 4.78 is 7.43. The van der Waals surface area contributed by atoms with Crippen LogP contribution in [0.2, 0.25) is 0 Å². The Morgan fingerprint density at radius 3 is 2.84 bits per heavy atom. The van der Waals surface area contributed by atoms with E-state index in [0.717, 1.165) is 16.6 Å². The summed E-state index contributed by atoms with van der Waals surface area (Å²) in [4.78, 5) is 17.2. The van der Waals surface area contributed by atoms with E-state index >= 15 is 0 Å². The fourth-order valence-electron chi connectivity index (χ4n) is 3.19. The van der Waals surface area contributed by atoms with E-state index in [0.29, 0.717) is 23.8 Å². The molecule has 1 fully saturated rings. The first kappa shape index (κ1) is 15.7. The summed E-state index contributed by atoms with van der Waals surface area (Å²) in [5, 5.41) is 2.96. The standard InChI is InChI=1S/C20H21N3O2/c1-23-17-10-7-13(11-16(17)22-19(23)14-8-9-14)12-21-20(24)15-5-3-4-6-18(15)25-2/h3-7,10-11,14H,8-9,12H2,1-2H3,(H,21,24). The molecule has 0 atom stereocenters. The van der Waals surface area contributed by atoms with Gasteiger partial charge < -0.3 is 14.6 Å². The molecule has 0 radical (unpaired) electrons. The van der Waals surface area contributed by atoms with Crippen molar-refractivity contribution in [2.75, 3.05) is 7.11 Å². The summed E-state index contributed by atoms with van der Waals surface area (Å²) in [6.45, 7) is 0.460. The second-order valence-corrected chi connectivity index (χ2v) is 6.51. The van der Waals surface area contributed by atoms with Crippen LogP contribution in [0.25, 0.3) is 11.0 Å². The number of aromatic nitrogens is 2. The van der Waals surface area contributed by atoms with Crippen molar-refractivity contribution in [1.29, 1.82) is 0 Å². The zero-order chi connectivity index (χ0) is 17.4. The van der Waals surface area contributed by atoms with E-state index in [1.54, 1.807) is 19.2 Å². The maximum absolute atomic E-state index is 12.4. The van der Waals surface area contributed by atoms with Crippen LogP contribution in [0.5, 0.6) is 5.75 Å². The quantitative estimate of drug-likeness (QED) is 0.777. The van der Waals surface area contributed by atoms with Crippen LogP contribution in [-0.4, -0.2) is 22.6 Å². The number of fused-ring (bicyclic) bond motifs is 1. The summed E-state index contributed by atoms with van der Waals surface area (Å²) in [5.41, 5.74) is 3.71. The van der Waals surface area contributed by atoms with Crippen molar-refractivity contribution >= 4 is 16.9 Å². The summed E-state index contributed by atoms with van der Waals surface area (Å²) >= 11 is 0. The van der Waals surface area contributed by atoms with Gasteiger partial charge in [0.2, 0.25) is 0 Å². The van der Waals surface area contributed by atoms with E-state index in [4.69, 9.17) is 9.72 Å². The molecule has 1 aliphatic carbocycles. The number of para-hydroxylation sites is 1. The number of benzene rings is 2. The average molecular weight is 335 g/mol. The Morgan fingerprint density at radius 1 is 1.28 bits per heavy atom. The summed E-state index contributed by atoms with van der Waals surface area (Å²) in [7, 11) is 3.64. The predicted molar refractivity (Wildman–Crippen MR) is 96.9 cm³/mol. The number of aryl methyl sites for hydroxylation is 1. The van der Waals surface area contributed by atoms with Gasteiger partial charge in [-0.3, -0.25) is 4.79 Å². The van der Waals surface area contributed by atoms with Crippen LogP contribution in [0, 0.1) is 0 Å². The van der Waals surface area contributed by atoms with E-state index in [1.165, 1.54) is 18.7 Å². The van der Waals surface area contributed by atoms with Crippen molar-refractivity contribution in [1.82, 2.24) is 14.9 Å². The highest BCUT2D eigenvalue weighted by molar-refractivity contribution is 5.96. The minimum absolute atomic E-state index is 0.141. The number of methoxy groups -OCH3 is 1. The van der Waals surface area contributed by atoms with Crippen molar-refractivity contribution in [2.45, 2.75) is 25.3 Å². The third-order valence-electron chi connectivity index (χ3n) is 4.73. The molecular formula is C20H21N3O2. The van der Waals surface area contributed by atoms with Crippen LogP contribution in [0.1, 0.15) is 40.5 Å². The summed E-state index contributed by atoms with van der Waals surface area (Å²) in [6, 6.07) is 13.4. The molecule has 0 saturated heterocycles. The second kappa shape index (κ2) is 6.24. The maximum atomic E-state index is 12.4. The van der Waals surface area contributed by atoms with Gasteiger partial charge in [0.25, 0.3) is 5.91 Å². The molecule has 0 spiro atoms. The number of carbonyl (C=O) groups excluding carboxylic acids is 1. The molecule has 5 nitrogen and oxygen atoms in total. The number of imidazole rings is 1. The van der Waals surface area contributed by atoms with Gasteiger partial charge in [-0.05, 0) is 42.7 Å². The number of nitrogens with zero attached hydrogens (tertiary/aromatic N) is 2. The van der Waals surface area contributed by atoms with Gasteiger partial charge >= 0.3 is 0 Å². The molecule has 1 amide bonds. The van der Waals surface area contributed by atoms with Crippen molar-refractivity contribution in [2.24, 2.45) is 7.05 Å². The van der Waals surface area contributed by atoms with Gasteiger partial charge in [0.05, 0.1) is 23.7 Å². The second-order valence-electron chi connectivity index (χ2n) is 6.51. The van der Waals surface area contributed by atoms with Gasteiger partial charge in [-0.15, -0.1) is 0 Å². The van der Waals surface area contributed by atoms with Crippen molar-refractivity contribution in [3.63, 3.8) is 0 Å². The van der Waals surface area contributed by atoms with Gasteiger partial charge in [-0.1, -0.05) is 18.2 Å². The van der Waals surface area contributed by atoms with Crippen molar-refractivity contribution in [3.8, 4) is 5.75 Å². The lowest BCUT2D eigenvalue weighted by Crippen LogP contribution is -2.23. The molecule has 0 bridgehead atoms. The molecule has 4 rings (SSSR count). The number of ether oxygens (including phenoxy) is 1. The molecule has 1 N–H and O–H groups in total. The fraction of sp³-hybridized carbons (Fsp3) is 0.300. The Balaban J connectivity index is 1.52. The van der Waals surface area contributed by atoms with Crippen LogP contribution in [-0.2, 0) is 13.6 Å². The van der Waals surface area contributed by atoms with E-state index in [-0.39, 0.29) is 5.91 Å². The first-order valence-corrected chi connectivity index (χ1v) is 8.54. The summed E-state index contributed by atoms with van der Waals surface area (Å²) in [5.74, 6) is 2.22. The number of rotatable bonds is 5. The largest absolute Gasteiger partial charge is 0.496 e. The monoisotopic (exact) mass is 335 g/mol. The first-order valence-electron chi connectivity index (χ1n) is 8.54. The predicted octanol–water partition coefficient (Wildman–Crippen LogP) is 3.39.